The highest BCUT2D eigenvalue weighted by Crippen LogP contribution is 2.35. The quantitative estimate of drug-likeness (QED) is 0.572. The third kappa shape index (κ3) is 4.11. The SMILES string of the molecule is O=C(COc1c(-c2ccccc2)oc2c(Cl)cc(Cl)cc2c1=O)N1CCCCC1. The second kappa shape index (κ2) is 8.47. The number of piperidine rings is 1. The van der Waals surface area contributed by atoms with Gasteiger partial charge in [0.2, 0.25) is 11.2 Å². The molecule has 0 radical (unpaired) electrons. The van der Waals surface area contributed by atoms with Crippen molar-refractivity contribution in [2.75, 3.05) is 19.7 Å². The lowest BCUT2D eigenvalue weighted by Gasteiger charge is -2.26. The molecule has 150 valence electrons. The summed E-state index contributed by atoms with van der Waals surface area (Å²) in [5, 5.41) is 0.762. The van der Waals surface area contributed by atoms with Crippen LogP contribution in [0.5, 0.6) is 5.75 Å². The molecule has 0 atom stereocenters. The van der Waals surface area contributed by atoms with Crippen LogP contribution in [-0.4, -0.2) is 30.5 Å². The highest BCUT2D eigenvalue weighted by atomic mass is 35.5. The molecular formula is C22H19Cl2NO4. The molecule has 0 bridgehead atoms. The van der Waals surface area contributed by atoms with Crippen LogP contribution in [0.1, 0.15) is 19.3 Å². The number of carbonyl (C=O) groups excluding carboxylic acids is 1. The Hall–Kier alpha value is -2.50. The standard InChI is InChI=1S/C22H19Cl2NO4/c23-15-11-16-19(27)22(28-13-18(26)25-9-5-2-6-10-25)20(14-7-3-1-4-8-14)29-21(16)17(24)12-15/h1,3-4,7-8,11-12H,2,5-6,9-10,13H2. The second-order valence-corrected chi connectivity index (χ2v) is 7.79. The van der Waals surface area contributed by atoms with E-state index in [1.807, 2.05) is 18.2 Å². The van der Waals surface area contributed by atoms with Crippen LogP contribution in [0, 0.1) is 0 Å². The fourth-order valence-electron chi connectivity index (χ4n) is 3.49. The van der Waals surface area contributed by atoms with Gasteiger partial charge >= 0.3 is 0 Å². The largest absolute Gasteiger partial charge is 0.476 e. The summed E-state index contributed by atoms with van der Waals surface area (Å²) in [6.45, 7) is 1.20. The molecule has 4 rings (SSSR count). The molecule has 29 heavy (non-hydrogen) atoms. The van der Waals surface area contributed by atoms with E-state index in [0.717, 1.165) is 19.3 Å². The minimum atomic E-state index is -0.416. The first-order chi connectivity index (χ1) is 14.0. The molecule has 2 heterocycles. The Morgan fingerprint density at radius 3 is 2.52 bits per heavy atom. The maximum atomic E-state index is 13.2. The molecule has 1 saturated heterocycles. The van der Waals surface area contributed by atoms with Crippen LogP contribution in [0.15, 0.2) is 51.7 Å². The number of rotatable bonds is 4. The Bertz CT molecular complexity index is 1110. The van der Waals surface area contributed by atoms with Gasteiger partial charge in [-0.25, -0.2) is 0 Å². The lowest BCUT2D eigenvalue weighted by atomic mass is 10.1. The Labute approximate surface area is 177 Å². The van der Waals surface area contributed by atoms with Crippen molar-refractivity contribution in [1.29, 1.82) is 0 Å². The Balaban J connectivity index is 1.77. The second-order valence-electron chi connectivity index (χ2n) is 6.95. The molecule has 7 heteroatoms. The van der Waals surface area contributed by atoms with Gasteiger partial charge in [0, 0.05) is 23.7 Å². The monoisotopic (exact) mass is 431 g/mol. The molecule has 0 saturated carbocycles. The minimum absolute atomic E-state index is 0.0209. The maximum Gasteiger partial charge on any atom is 0.260 e. The van der Waals surface area contributed by atoms with Crippen molar-refractivity contribution in [2.24, 2.45) is 0 Å². The fourth-order valence-corrected chi connectivity index (χ4v) is 4.02. The van der Waals surface area contributed by atoms with Crippen LogP contribution in [0.25, 0.3) is 22.3 Å². The van der Waals surface area contributed by atoms with Gasteiger partial charge in [0.25, 0.3) is 5.91 Å². The zero-order valence-corrected chi connectivity index (χ0v) is 17.1. The van der Waals surface area contributed by atoms with Gasteiger partial charge in [0.15, 0.2) is 18.0 Å². The van der Waals surface area contributed by atoms with Gasteiger partial charge in [0.05, 0.1) is 10.4 Å². The van der Waals surface area contributed by atoms with E-state index in [1.54, 1.807) is 17.0 Å². The highest BCUT2D eigenvalue weighted by molar-refractivity contribution is 6.38. The average molecular weight is 432 g/mol. The summed E-state index contributed by atoms with van der Waals surface area (Å²) < 4.78 is 11.7. The van der Waals surface area contributed by atoms with E-state index in [9.17, 15) is 9.59 Å². The van der Waals surface area contributed by atoms with Crippen molar-refractivity contribution in [1.82, 2.24) is 4.90 Å². The predicted molar refractivity (Wildman–Crippen MR) is 114 cm³/mol. The van der Waals surface area contributed by atoms with Crippen LogP contribution in [0.4, 0.5) is 0 Å². The Morgan fingerprint density at radius 1 is 1.07 bits per heavy atom. The highest BCUT2D eigenvalue weighted by Gasteiger charge is 2.22. The van der Waals surface area contributed by atoms with E-state index < -0.39 is 5.43 Å². The summed E-state index contributed by atoms with van der Waals surface area (Å²) in [6.07, 6.45) is 3.09. The first kappa shape index (κ1) is 19.8. The number of halogens is 2. The predicted octanol–water partition coefficient (Wildman–Crippen LogP) is 5.16. The van der Waals surface area contributed by atoms with Crippen molar-refractivity contribution in [3.63, 3.8) is 0 Å². The summed E-state index contributed by atoms with van der Waals surface area (Å²) in [5.74, 6) is 0.0681. The molecule has 0 aliphatic carbocycles. The lowest BCUT2D eigenvalue weighted by Crippen LogP contribution is -2.39. The average Bonchev–Trinajstić information content (AvgIpc) is 2.74. The van der Waals surface area contributed by atoms with Crippen LogP contribution in [0.2, 0.25) is 10.0 Å². The first-order valence-electron chi connectivity index (χ1n) is 9.46. The van der Waals surface area contributed by atoms with Gasteiger partial charge < -0.3 is 14.1 Å². The molecule has 1 aliphatic heterocycles. The third-order valence-corrected chi connectivity index (χ3v) is 5.45. The molecular weight excluding hydrogens is 413 g/mol. The summed E-state index contributed by atoms with van der Waals surface area (Å²) in [6, 6.07) is 12.1. The van der Waals surface area contributed by atoms with Crippen molar-refractivity contribution >= 4 is 40.1 Å². The van der Waals surface area contributed by atoms with Crippen LogP contribution in [0.3, 0.4) is 0 Å². The molecule has 5 nitrogen and oxygen atoms in total. The van der Waals surface area contributed by atoms with Gasteiger partial charge in [-0.1, -0.05) is 53.5 Å². The normalized spacial score (nSPS) is 14.2. The van der Waals surface area contributed by atoms with E-state index in [4.69, 9.17) is 32.4 Å². The molecule has 1 fully saturated rings. The first-order valence-corrected chi connectivity index (χ1v) is 10.2. The Kier molecular flexibility index (Phi) is 5.79. The van der Waals surface area contributed by atoms with Crippen molar-refractivity contribution in [3.8, 4) is 17.1 Å². The number of fused-ring (bicyclic) bond motifs is 1. The van der Waals surface area contributed by atoms with Gasteiger partial charge in [-0.3, -0.25) is 9.59 Å². The summed E-state index contributed by atoms with van der Waals surface area (Å²) in [4.78, 5) is 27.5. The molecule has 1 amide bonds. The van der Waals surface area contributed by atoms with Crippen LogP contribution in [-0.2, 0) is 4.79 Å². The van der Waals surface area contributed by atoms with E-state index in [2.05, 4.69) is 0 Å². The van der Waals surface area contributed by atoms with Crippen molar-refractivity contribution in [3.05, 3.63) is 62.7 Å². The van der Waals surface area contributed by atoms with Gasteiger partial charge in [-0.05, 0) is 31.4 Å². The van der Waals surface area contributed by atoms with Gasteiger partial charge in [-0.15, -0.1) is 0 Å². The smallest absolute Gasteiger partial charge is 0.260 e. The molecule has 2 aromatic carbocycles. The summed E-state index contributed by atoms with van der Waals surface area (Å²) >= 11 is 12.3. The third-order valence-electron chi connectivity index (χ3n) is 4.95. The number of ether oxygens (including phenoxy) is 1. The van der Waals surface area contributed by atoms with Crippen LogP contribution >= 0.6 is 23.2 Å². The maximum absolute atomic E-state index is 13.2. The van der Waals surface area contributed by atoms with E-state index >= 15 is 0 Å². The van der Waals surface area contributed by atoms with Gasteiger partial charge in [0.1, 0.15) is 0 Å². The van der Waals surface area contributed by atoms with E-state index in [0.29, 0.717) is 23.7 Å². The summed E-state index contributed by atoms with van der Waals surface area (Å²) in [7, 11) is 0. The zero-order chi connectivity index (χ0) is 20.4. The molecule has 3 aromatic rings. The Morgan fingerprint density at radius 2 is 1.79 bits per heavy atom. The van der Waals surface area contributed by atoms with Crippen molar-refractivity contribution in [2.45, 2.75) is 19.3 Å². The molecule has 0 spiro atoms. The molecule has 0 unspecified atom stereocenters. The number of hydrogen-bond acceptors (Lipinski definition) is 4. The number of nitrogens with zero attached hydrogens (tertiary/aromatic N) is 1. The lowest BCUT2D eigenvalue weighted by molar-refractivity contribution is -0.134. The molecule has 1 aliphatic rings. The van der Waals surface area contributed by atoms with E-state index in [-0.39, 0.29) is 40.0 Å². The molecule has 1 aromatic heterocycles. The van der Waals surface area contributed by atoms with E-state index in [1.165, 1.54) is 12.1 Å². The number of hydrogen-bond donors (Lipinski definition) is 0. The number of amides is 1. The van der Waals surface area contributed by atoms with Gasteiger partial charge in [-0.2, -0.15) is 0 Å². The number of benzene rings is 2. The topological polar surface area (TPSA) is 59.8 Å². The zero-order valence-electron chi connectivity index (χ0n) is 15.6. The number of carbonyl (C=O) groups is 1. The molecule has 0 N–H and O–H groups in total. The summed E-state index contributed by atoms with van der Waals surface area (Å²) in [5.41, 5.74) is 0.466. The minimum Gasteiger partial charge on any atom is -0.476 e. The fraction of sp³-hybridized carbons (Fsp3) is 0.273. The van der Waals surface area contributed by atoms with Crippen molar-refractivity contribution < 1.29 is 13.9 Å². The van der Waals surface area contributed by atoms with Crippen LogP contribution < -0.4 is 10.2 Å². The number of likely N-dealkylation sites (tertiary alicyclic amines) is 1.